The lowest BCUT2D eigenvalue weighted by atomic mass is 9.93. The second kappa shape index (κ2) is 10.0. The first-order valence-corrected chi connectivity index (χ1v) is 7.85. The smallest absolute Gasteiger partial charge is 0.130 e. The Labute approximate surface area is 139 Å². The van der Waals surface area contributed by atoms with Crippen molar-refractivity contribution in [1.82, 2.24) is 0 Å². The highest BCUT2D eigenvalue weighted by Crippen LogP contribution is 2.29. The molecule has 2 aromatic carbocycles. The largest absolute Gasteiger partial charge is 0.493 e. The van der Waals surface area contributed by atoms with E-state index in [9.17, 15) is 5.26 Å². The number of hydrogen-bond acceptors (Lipinski definition) is 2. The van der Waals surface area contributed by atoms with Crippen molar-refractivity contribution in [2.24, 2.45) is 0 Å². The van der Waals surface area contributed by atoms with Gasteiger partial charge in [0.2, 0.25) is 0 Å². The van der Waals surface area contributed by atoms with Gasteiger partial charge >= 0.3 is 0 Å². The van der Waals surface area contributed by atoms with Crippen LogP contribution in [0, 0.1) is 11.3 Å². The van der Waals surface area contributed by atoms with Gasteiger partial charge in [0.25, 0.3) is 0 Å². The molecule has 0 unspecified atom stereocenters. The summed E-state index contributed by atoms with van der Waals surface area (Å²) in [4.78, 5) is 0. The molecule has 0 radical (unpaired) electrons. The highest BCUT2D eigenvalue weighted by atomic mass is 16.5. The summed E-state index contributed by atoms with van der Waals surface area (Å²) in [5, 5.41) is 9.57. The fourth-order valence-electron chi connectivity index (χ4n) is 2.17. The molecule has 0 heterocycles. The van der Waals surface area contributed by atoms with Crippen molar-refractivity contribution in [1.29, 1.82) is 5.26 Å². The van der Waals surface area contributed by atoms with Gasteiger partial charge in [-0.3, -0.25) is 0 Å². The number of allylic oxidation sites excluding steroid dienone is 1. The standard InChI is InChI=1S/C19H17NO.C2H6/c1-3-21-15(2)18(14-20)19(16-10-6-4-7-11-16)17-12-8-5-9-13-17;1-2/h4-13H,2-3H2,1H3;1-2H3. The molecule has 2 heteroatoms. The monoisotopic (exact) mass is 305 g/mol. The quantitative estimate of drug-likeness (QED) is 0.410. The molecule has 0 saturated carbocycles. The predicted octanol–water partition coefficient (Wildman–Crippen LogP) is 5.59. The minimum absolute atomic E-state index is 0.405. The summed E-state index contributed by atoms with van der Waals surface area (Å²) in [6.45, 7) is 10.3. The van der Waals surface area contributed by atoms with Crippen LogP contribution in [0.2, 0.25) is 0 Å². The third kappa shape index (κ3) is 4.86. The molecule has 2 rings (SSSR count). The molecule has 0 aliphatic carbocycles. The van der Waals surface area contributed by atoms with Gasteiger partial charge in [0.05, 0.1) is 6.61 Å². The number of hydrogen-bond donors (Lipinski definition) is 0. The summed E-state index contributed by atoms with van der Waals surface area (Å²) >= 11 is 0. The molecule has 0 saturated heterocycles. The Morgan fingerprint density at radius 3 is 1.74 bits per heavy atom. The number of nitriles is 1. The van der Waals surface area contributed by atoms with E-state index in [0.717, 1.165) is 16.7 Å². The lowest BCUT2D eigenvalue weighted by molar-refractivity contribution is 0.241. The van der Waals surface area contributed by atoms with E-state index in [1.54, 1.807) is 0 Å². The zero-order valence-electron chi connectivity index (χ0n) is 14.0. The molecule has 0 aromatic heterocycles. The van der Waals surface area contributed by atoms with Crippen molar-refractivity contribution in [2.75, 3.05) is 6.61 Å². The summed E-state index contributed by atoms with van der Waals surface area (Å²) < 4.78 is 5.44. The summed E-state index contributed by atoms with van der Waals surface area (Å²) in [6.07, 6.45) is 0. The zero-order chi connectivity index (χ0) is 17.1. The first kappa shape index (κ1) is 18.3. The Morgan fingerprint density at radius 1 is 0.957 bits per heavy atom. The summed E-state index contributed by atoms with van der Waals surface area (Å²) in [7, 11) is 0. The fourth-order valence-corrected chi connectivity index (χ4v) is 2.17. The summed E-state index contributed by atoms with van der Waals surface area (Å²) in [6, 6.07) is 21.9. The third-order valence-corrected chi connectivity index (χ3v) is 3.08. The highest BCUT2D eigenvalue weighted by molar-refractivity contribution is 5.86. The molecular weight excluding hydrogens is 282 g/mol. The average molecular weight is 305 g/mol. The van der Waals surface area contributed by atoms with E-state index in [1.807, 2.05) is 81.4 Å². The predicted molar refractivity (Wildman–Crippen MR) is 96.6 cm³/mol. The Kier molecular flexibility index (Phi) is 7.96. The molecule has 2 nitrogen and oxygen atoms in total. The van der Waals surface area contributed by atoms with E-state index in [4.69, 9.17) is 4.74 Å². The first-order chi connectivity index (χ1) is 11.3. The van der Waals surface area contributed by atoms with Gasteiger partial charge in [0.1, 0.15) is 17.4 Å². The molecule has 0 bridgehead atoms. The maximum absolute atomic E-state index is 9.57. The SMILES string of the molecule is C=C(OCC)C(C#N)=C(c1ccccc1)c1ccccc1.CC. The summed E-state index contributed by atoms with van der Waals surface area (Å²) in [5.41, 5.74) is 3.26. The fraction of sp³-hybridized carbons (Fsp3) is 0.190. The minimum atomic E-state index is 0.405. The van der Waals surface area contributed by atoms with Crippen molar-refractivity contribution in [2.45, 2.75) is 20.8 Å². The molecule has 0 fully saturated rings. The molecule has 23 heavy (non-hydrogen) atoms. The van der Waals surface area contributed by atoms with Crippen LogP contribution in [0.25, 0.3) is 5.57 Å². The van der Waals surface area contributed by atoms with Crippen molar-refractivity contribution < 1.29 is 4.74 Å². The van der Waals surface area contributed by atoms with Gasteiger partial charge in [-0.2, -0.15) is 5.26 Å². The van der Waals surface area contributed by atoms with Crippen LogP contribution in [0.3, 0.4) is 0 Å². The van der Waals surface area contributed by atoms with Gasteiger partial charge in [0, 0.05) is 5.57 Å². The van der Waals surface area contributed by atoms with Crippen molar-refractivity contribution in [3.63, 3.8) is 0 Å². The van der Waals surface area contributed by atoms with Gasteiger partial charge in [-0.1, -0.05) is 81.1 Å². The van der Waals surface area contributed by atoms with Gasteiger partial charge in [0.15, 0.2) is 0 Å². The van der Waals surface area contributed by atoms with Crippen LogP contribution in [-0.4, -0.2) is 6.61 Å². The molecular formula is C21H23NO. The van der Waals surface area contributed by atoms with Gasteiger partial charge in [-0.05, 0) is 18.1 Å². The lowest BCUT2D eigenvalue weighted by Gasteiger charge is -2.13. The second-order valence-corrected chi connectivity index (χ2v) is 4.45. The molecule has 0 aliphatic rings. The van der Waals surface area contributed by atoms with Crippen LogP contribution < -0.4 is 0 Å². The van der Waals surface area contributed by atoms with E-state index < -0.39 is 0 Å². The van der Waals surface area contributed by atoms with Gasteiger partial charge < -0.3 is 4.74 Å². The summed E-state index contributed by atoms with van der Waals surface area (Å²) in [5.74, 6) is 0.405. The number of nitrogens with zero attached hydrogens (tertiary/aromatic N) is 1. The molecule has 0 atom stereocenters. The van der Waals surface area contributed by atoms with Gasteiger partial charge in [-0.25, -0.2) is 0 Å². The Morgan fingerprint density at radius 2 is 1.39 bits per heavy atom. The second-order valence-electron chi connectivity index (χ2n) is 4.45. The van der Waals surface area contributed by atoms with Crippen LogP contribution >= 0.6 is 0 Å². The minimum Gasteiger partial charge on any atom is -0.493 e. The zero-order valence-corrected chi connectivity index (χ0v) is 14.0. The molecule has 0 aliphatic heterocycles. The molecule has 118 valence electrons. The maximum Gasteiger partial charge on any atom is 0.130 e. The number of rotatable bonds is 5. The van der Waals surface area contributed by atoms with E-state index in [0.29, 0.717) is 17.9 Å². The molecule has 0 spiro atoms. The third-order valence-electron chi connectivity index (χ3n) is 3.08. The van der Waals surface area contributed by atoms with Crippen LogP contribution in [0.1, 0.15) is 31.9 Å². The van der Waals surface area contributed by atoms with Crippen molar-refractivity contribution in [3.05, 3.63) is 89.7 Å². The van der Waals surface area contributed by atoms with Crippen LogP contribution in [0.15, 0.2) is 78.6 Å². The van der Waals surface area contributed by atoms with Crippen LogP contribution in [0.5, 0.6) is 0 Å². The topological polar surface area (TPSA) is 33.0 Å². The van der Waals surface area contributed by atoms with Crippen molar-refractivity contribution in [3.8, 4) is 6.07 Å². The van der Waals surface area contributed by atoms with Crippen molar-refractivity contribution >= 4 is 5.57 Å². The molecule has 0 amide bonds. The molecule has 2 aromatic rings. The number of ether oxygens (including phenoxy) is 1. The van der Waals surface area contributed by atoms with Crippen LogP contribution in [-0.2, 0) is 4.74 Å². The molecule has 0 N–H and O–H groups in total. The lowest BCUT2D eigenvalue weighted by Crippen LogP contribution is -1.99. The highest BCUT2D eigenvalue weighted by Gasteiger charge is 2.15. The Bertz CT molecular complexity index is 637. The maximum atomic E-state index is 9.57. The number of benzene rings is 2. The van der Waals surface area contributed by atoms with E-state index >= 15 is 0 Å². The normalized spacial score (nSPS) is 8.96. The first-order valence-electron chi connectivity index (χ1n) is 7.85. The van der Waals surface area contributed by atoms with E-state index in [-0.39, 0.29) is 0 Å². The Hall–Kier alpha value is -2.79. The van der Waals surface area contributed by atoms with Crippen LogP contribution in [0.4, 0.5) is 0 Å². The van der Waals surface area contributed by atoms with E-state index in [2.05, 4.69) is 12.6 Å². The Balaban J connectivity index is 0.00000127. The van der Waals surface area contributed by atoms with E-state index in [1.165, 1.54) is 0 Å². The van der Waals surface area contributed by atoms with Gasteiger partial charge in [-0.15, -0.1) is 0 Å². The average Bonchev–Trinajstić information content (AvgIpc) is 2.63.